The van der Waals surface area contributed by atoms with Crippen molar-refractivity contribution < 1.29 is 18.7 Å². The van der Waals surface area contributed by atoms with Crippen LogP contribution in [0.25, 0.3) is 0 Å². The molecule has 0 aliphatic rings. The molecule has 0 atom stereocenters. The van der Waals surface area contributed by atoms with E-state index in [0.717, 1.165) is 0 Å². The van der Waals surface area contributed by atoms with Crippen LogP contribution in [0.5, 0.6) is 0 Å². The highest BCUT2D eigenvalue weighted by Crippen LogP contribution is 2.09. The Morgan fingerprint density at radius 1 is 1.00 bits per heavy atom. The van der Waals surface area contributed by atoms with Gasteiger partial charge in [0.05, 0.1) is 12.7 Å². The first-order valence-corrected chi connectivity index (χ1v) is 6.96. The fourth-order valence-electron chi connectivity index (χ4n) is 1.75. The number of anilines is 1. The highest BCUT2D eigenvalue weighted by molar-refractivity contribution is 7.80. The topological polar surface area (TPSA) is 67.4 Å². The van der Waals surface area contributed by atoms with E-state index in [1.165, 1.54) is 55.6 Å². The van der Waals surface area contributed by atoms with Crippen LogP contribution in [0.1, 0.15) is 20.7 Å². The summed E-state index contributed by atoms with van der Waals surface area (Å²) >= 11 is 5.02. The predicted octanol–water partition coefficient (Wildman–Crippen LogP) is 2.74. The number of rotatable bonds is 3. The van der Waals surface area contributed by atoms with Crippen LogP contribution in [0, 0.1) is 5.82 Å². The number of hydrogen-bond acceptors (Lipinski definition) is 4. The van der Waals surface area contributed by atoms with Gasteiger partial charge in [0.1, 0.15) is 5.82 Å². The Hall–Kier alpha value is -2.80. The van der Waals surface area contributed by atoms with Crippen LogP contribution in [0.2, 0.25) is 0 Å². The summed E-state index contributed by atoms with van der Waals surface area (Å²) in [5, 5.41) is 5.34. The second-order valence-corrected chi connectivity index (χ2v) is 4.89. The molecule has 7 heteroatoms. The molecule has 2 N–H and O–H groups in total. The molecular weight excluding hydrogens is 319 g/mol. The first-order valence-electron chi connectivity index (χ1n) is 6.56. The summed E-state index contributed by atoms with van der Waals surface area (Å²) < 4.78 is 17.4. The molecule has 0 radical (unpaired) electrons. The van der Waals surface area contributed by atoms with Gasteiger partial charge in [-0.3, -0.25) is 10.1 Å². The van der Waals surface area contributed by atoms with E-state index in [1.807, 2.05) is 0 Å². The number of carbonyl (C=O) groups excluding carboxylic acids is 2. The highest BCUT2D eigenvalue weighted by atomic mass is 32.1. The number of ether oxygens (including phenoxy) is 1. The minimum atomic E-state index is -0.481. The normalized spacial score (nSPS) is 9.83. The summed E-state index contributed by atoms with van der Waals surface area (Å²) in [7, 11) is 1.28. The number of thiocarbonyl (C=S) groups is 1. The van der Waals surface area contributed by atoms with E-state index < -0.39 is 11.9 Å². The van der Waals surface area contributed by atoms with Crippen LogP contribution >= 0.6 is 12.2 Å². The van der Waals surface area contributed by atoms with E-state index >= 15 is 0 Å². The number of esters is 1. The third kappa shape index (κ3) is 4.58. The molecule has 0 heterocycles. The molecule has 5 nitrogen and oxygen atoms in total. The number of methoxy groups -OCH3 is 1. The standard InChI is InChI=1S/C16H13FN2O3S/c1-22-15(21)11-4-2-10(3-5-11)14(20)19-16(23)18-13-8-6-12(17)7-9-13/h2-9H,1H3,(H2,18,19,20,23). The molecule has 1 amide bonds. The van der Waals surface area contributed by atoms with Gasteiger partial charge in [0.2, 0.25) is 0 Å². The van der Waals surface area contributed by atoms with Crippen molar-refractivity contribution in [2.75, 3.05) is 12.4 Å². The third-order valence-electron chi connectivity index (χ3n) is 2.90. The molecule has 0 fully saturated rings. The zero-order valence-corrected chi connectivity index (χ0v) is 12.9. The SMILES string of the molecule is COC(=O)c1ccc(C(=O)NC(=S)Nc2ccc(F)cc2)cc1. The fraction of sp³-hybridized carbons (Fsp3) is 0.0625. The molecule has 0 aliphatic heterocycles. The van der Waals surface area contributed by atoms with Gasteiger partial charge in [0.15, 0.2) is 5.11 Å². The molecule has 2 aromatic rings. The van der Waals surface area contributed by atoms with Crippen LogP contribution in [0.4, 0.5) is 10.1 Å². The zero-order chi connectivity index (χ0) is 16.8. The Morgan fingerprint density at radius 2 is 1.57 bits per heavy atom. The Morgan fingerprint density at radius 3 is 2.13 bits per heavy atom. The number of amides is 1. The van der Waals surface area contributed by atoms with Crippen LogP contribution in [-0.2, 0) is 4.74 Å². The van der Waals surface area contributed by atoms with E-state index in [9.17, 15) is 14.0 Å². The molecule has 0 unspecified atom stereocenters. The van der Waals surface area contributed by atoms with Crippen molar-refractivity contribution in [2.45, 2.75) is 0 Å². The van der Waals surface area contributed by atoms with Gasteiger partial charge in [0.25, 0.3) is 5.91 Å². The van der Waals surface area contributed by atoms with Crippen molar-refractivity contribution in [1.29, 1.82) is 0 Å². The molecule has 0 aromatic heterocycles. The fourth-order valence-corrected chi connectivity index (χ4v) is 1.96. The van der Waals surface area contributed by atoms with Crippen LogP contribution in [0.15, 0.2) is 48.5 Å². The van der Waals surface area contributed by atoms with Crippen molar-refractivity contribution in [3.8, 4) is 0 Å². The van der Waals surface area contributed by atoms with Gasteiger partial charge in [-0.2, -0.15) is 0 Å². The predicted molar refractivity (Wildman–Crippen MR) is 87.9 cm³/mol. The average molecular weight is 332 g/mol. The Balaban J connectivity index is 1.96. The van der Waals surface area contributed by atoms with E-state index in [-0.39, 0.29) is 10.9 Å². The lowest BCUT2D eigenvalue weighted by atomic mass is 10.1. The van der Waals surface area contributed by atoms with Crippen molar-refractivity contribution in [2.24, 2.45) is 0 Å². The smallest absolute Gasteiger partial charge is 0.337 e. The van der Waals surface area contributed by atoms with Gasteiger partial charge in [-0.15, -0.1) is 0 Å². The van der Waals surface area contributed by atoms with Gasteiger partial charge >= 0.3 is 5.97 Å². The molecular formula is C16H13FN2O3S. The first-order chi connectivity index (χ1) is 11.0. The molecule has 118 valence electrons. The summed E-state index contributed by atoms with van der Waals surface area (Å²) in [5.41, 5.74) is 1.23. The third-order valence-corrected chi connectivity index (χ3v) is 3.10. The van der Waals surface area contributed by atoms with Gasteiger partial charge in [-0.1, -0.05) is 0 Å². The summed E-state index contributed by atoms with van der Waals surface area (Å²) in [4.78, 5) is 23.4. The molecule has 0 saturated carbocycles. The lowest BCUT2D eigenvalue weighted by Gasteiger charge is -2.09. The molecule has 0 saturated heterocycles. The molecule has 0 aliphatic carbocycles. The maximum atomic E-state index is 12.8. The Bertz CT molecular complexity index is 730. The zero-order valence-electron chi connectivity index (χ0n) is 12.1. The van der Waals surface area contributed by atoms with Gasteiger partial charge < -0.3 is 10.1 Å². The second-order valence-electron chi connectivity index (χ2n) is 4.48. The maximum absolute atomic E-state index is 12.8. The van der Waals surface area contributed by atoms with Gasteiger partial charge in [0, 0.05) is 11.3 Å². The number of nitrogens with one attached hydrogen (secondary N) is 2. The minimum absolute atomic E-state index is 0.0821. The van der Waals surface area contributed by atoms with Crippen molar-refractivity contribution >= 4 is 34.9 Å². The highest BCUT2D eigenvalue weighted by Gasteiger charge is 2.10. The largest absolute Gasteiger partial charge is 0.465 e. The lowest BCUT2D eigenvalue weighted by molar-refractivity contribution is 0.0600. The average Bonchev–Trinajstić information content (AvgIpc) is 2.56. The molecule has 2 aromatic carbocycles. The minimum Gasteiger partial charge on any atom is -0.465 e. The molecule has 2 rings (SSSR count). The molecule has 0 spiro atoms. The number of carbonyl (C=O) groups is 2. The quantitative estimate of drug-likeness (QED) is 0.668. The summed E-state index contributed by atoms with van der Waals surface area (Å²) in [5.74, 6) is -1.28. The van der Waals surface area contributed by atoms with Crippen LogP contribution < -0.4 is 10.6 Å². The van der Waals surface area contributed by atoms with Crippen molar-refractivity contribution in [3.05, 3.63) is 65.5 Å². The lowest BCUT2D eigenvalue weighted by Crippen LogP contribution is -2.34. The van der Waals surface area contributed by atoms with Crippen molar-refractivity contribution in [1.82, 2.24) is 5.32 Å². The van der Waals surface area contributed by atoms with Gasteiger partial charge in [-0.25, -0.2) is 9.18 Å². The van der Waals surface area contributed by atoms with E-state index in [4.69, 9.17) is 12.2 Å². The summed E-state index contributed by atoms with van der Waals surface area (Å²) in [6.07, 6.45) is 0. The summed E-state index contributed by atoms with van der Waals surface area (Å²) in [6, 6.07) is 11.5. The molecule has 23 heavy (non-hydrogen) atoms. The summed E-state index contributed by atoms with van der Waals surface area (Å²) in [6.45, 7) is 0. The Labute approximate surface area is 137 Å². The second kappa shape index (κ2) is 7.46. The Kier molecular flexibility index (Phi) is 5.37. The number of halogens is 1. The number of hydrogen-bond donors (Lipinski definition) is 2. The first kappa shape index (κ1) is 16.6. The van der Waals surface area contributed by atoms with E-state index in [0.29, 0.717) is 16.8 Å². The van der Waals surface area contributed by atoms with Crippen LogP contribution in [-0.4, -0.2) is 24.1 Å². The number of benzene rings is 2. The van der Waals surface area contributed by atoms with E-state index in [1.54, 1.807) is 0 Å². The van der Waals surface area contributed by atoms with E-state index in [2.05, 4.69) is 15.4 Å². The van der Waals surface area contributed by atoms with Crippen molar-refractivity contribution in [3.63, 3.8) is 0 Å². The van der Waals surface area contributed by atoms with Crippen LogP contribution in [0.3, 0.4) is 0 Å². The van der Waals surface area contributed by atoms with Gasteiger partial charge in [-0.05, 0) is 60.7 Å². The monoisotopic (exact) mass is 332 g/mol. The maximum Gasteiger partial charge on any atom is 0.337 e. The molecule has 0 bridgehead atoms.